The first-order chi connectivity index (χ1) is 10.8. The summed E-state index contributed by atoms with van der Waals surface area (Å²) in [7, 11) is 0. The molecular formula is C17H16N2O3. The molecular weight excluding hydrogens is 280 g/mol. The van der Waals surface area contributed by atoms with Gasteiger partial charge in [-0.15, -0.1) is 0 Å². The van der Waals surface area contributed by atoms with Crippen LogP contribution in [0, 0.1) is 5.92 Å². The van der Waals surface area contributed by atoms with Crippen LogP contribution in [0.15, 0.2) is 42.5 Å². The predicted molar refractivity (Wildman–Crippen MR) is 83.6 cm³/mol. The first kappa shape index (κ1) is 13.0. The van der Waals surface area contributed by atoms with Crippen LogP contribution in [-0.2, 0) is 4.79 Å². The van der Waals surface area contributed by atoms with E-state index >= 15 is 0 Å². The molecule has 2 N–H and O–H groups in total. The zero-order valence-electron chi connectivity index (χ0n) is 12.0. The minimum absolute atomic E-state index is 0.122. The zero-order valence-corrected chi connectivity index (χ0v) is 12.0. The summed E-state index contributed by atoms with van der Waals surface area (Å²) in [5.74, 6) is 1.85. The van der Waals surface area contributed by atoms with Crippen LogP contribution >= 0.6 is 0 Å². The molecule has 1 fully saturated rings. The molecule has 0 aromatic heterocycles. The van der Waals surface area contributed by atoms with Crippen LogP contribution in [0.4, 0.5) is 17.1 Å². The average molecular weight is 296 g/mol. The van der Waals surface area contributed by atoms with Crippen LogP contribution in [0.2, 0.25) is 0 Å². The Labute approximate surface area is 128 Å². The van der Waals surface area contributed by atoms with Gasteiger partial charge in [-0.25, -0.2) is 0 Å². The number of rotatable bonds is 4. The van der Waals surface area contributed by atoms with Crippen LogP contribution in [0.3, 0.4) is 0 Å². The molecule has 1 saturated carbocycles. The van der Waals surface area contributed by atoms with Gasteiger partial charge in [0.1, 0.15) is 0 Å². The summed E-state index contributed by atoms with van der Waals surface area (Å²) < 4.78 is 10.6. The topological polar surface area (TPSA) is 59.6 Å². The van der Waals surface area contributed by atoms with Gasteiger partial charge in [-0.2, -0.15) is 0 Å². The number of carbonyl (C=O) groups is 1. The molecule has 0 radical (unpaired) electrons. The molecule has 4 rings (SSSR count). The fourth-order valence-corrected chi connectivity index (χ4v) is 2.37. The minimum Gasteiger partial charge on any atom is -0.454 e. The number of benzene rings is 2. The number of hydrogen-bond acceptors (Lipinski definition) is 4. The molecule has 1 aliphatic carbocycles. The van der Waals surface area contributed by atoms with Gasteiger partial charge in [0.2, 0.25) is 12.7 Å². The molecule has 1 amide bonds. The molecule has 0 saturated heterocycles. The molecule has 112 valence electrons. The van der Waals surface area contributed by atoms with Crippen LogP contribution < -0.4 is 20.1 Å². The van der Waals surface area contributed by atoms with Gasteiger partial charge < -0.3 is 20.1 Å². The van der Waals surface area contributed by atoms with Gasteiger partial charge in [0.25, 0.3) is 0 Å². The van der Waals surface area contributed by atoms with Crippen molar-refractivity contribution < 1.29 is 14.3 Å². The van der Waals surface area contributed by atoms with Crippen molar-refractivity contribution in [2.24, 2.45) is 5.92 Å². The SMILES string of the molecule is O=C(Nc1ccc(Nc2ccc3c(c2)OCO3)cc1)C1CC1. The second-order valence-electron chi connectivity index (χ2n) is 5.53. The van der Waals surface area contributed by atoms with Crippen molar-refractivity contribution in [3.8, 4) is 11.5 Å². The van der Waals surface area contributed by atoms with E-state index in [1.807, 2.05) is 42.5 Å². The Morgan fingerprint density at radius 2 is 1.59 bits per heavy atom. The monoisotopic (exact) mass is 296 g/mol. The van der Waals surface area contributed by atoms with Crippen LogP contribution in [-0.4, -0.2) is 12.7 Å². The number of hydrogen-bond donors (Lipinski definition) is 2. The fourth-order valence-electron chi connectivity index (χ4n) is 2.37. The van der Waals surface area contributed by atoms with E-state index in [1.54, 1.807) is 0 Å². The van der Waals surface area contributed by atoms with E-state index in [0.29, 0.717) is 0 Å². The lowest BCUT2D eigenvalue weighted by molar-refractivity contribution is -0.117. The standard InChI is InChI=1S/C17H16N2O3/c20-17(11-1-2-11)19-13-5-3-12(4-6-13)18-14-7-8-15-16(9-14)22-10-21-15/h3-9,11,18H,1-2,10H2,(H,19,20). The number of fused-ring (bicyclic) bond motifs is 1. The maximum atomic E-state index is 11.7. The minimum atomic E-state index is 0.122. The molecule has 2 aromatic rings. The van der Waals surface area contributed by atoms with E-state index in [4.69, 9.17) is 9.47 Å². The van der Waals surface area contributed by atoms with E-state index < -0.39 is 0 Å². The van der Waals surface area contributed by atoms with Crippen molar-refractivity contribution in [1.29, 1.82) is 0 Å². The third kappa shape index (κ3) is 2.70. The normalized spacial score (nSPS) is 15.5. The van der Waals surface area contributed by atoms with Crippen LogP contribution in [0.1, 0.15) is 12.8 Å². The smallest absolute Gasteiger partial charge is 0.231 e. The van der Waals surface area contributed by atoms with Crippen molar-refractivity contribution in [3.63, 3.8) is 0 Å². The lowest BCUT2D eigenvalue weighted by atomic mass is 10.2. The summed E-state index contributed by atoms with van der Waals surface area (Å²) in [5, 5.41) is 6.23. The van der Waals surface area contributed by atoms with Crippen molar-refractivity contribution in [3.05, 3.63) is 42.5 Å². The molecule has 2 aromatic carbocycles. The van der Waals surface area contributed by atoms with Crippen LogP contribution in [0.5, 0.6) is 11.5 Å². The quantitative estimate of drug-likeness (QED) is 0.906. The molecule has 5 nitrogen and oxygen atoms in total. The third-order valence-corrected chi connectivity index (χ3v) is 3.76. The summed E-state index contributed by atoms with van der Waals surface area (Å²) in [5.41, 5.74) is 2.70. The molecule has 0 bridgehead atoms. The molecule has 0 unspecified atom stereocenters. The highest BCUT2D eigenvalue weighted by molar-refractivity contribution is 5.94. The van der Waals surface area contributed by atoms with Gasteiger partial charge in [-0.05, 0) is 49.2 Å². The summed E-state index contributed by atoms with van der Waals surface area (Å²) >= 11 is 0. The molecule has 0 spiro atoms. The van der Waals surface area contributed by atoms with E-state index in [2.05, 4.69) is 10.6 Å². The number of amides is 1. The Hall–Kier alpha value is -2.69. The zero-order chi connectivity index (χ0) is 14.9. The van der Waals surface area contributed by atoms with E-state index in [1.165, 1.54) is 0 Å². The molecule has 0 atom stereocenters. The maximum absolute atomic E-state index is 11.7. The Bertz CT molecular complexity index is 708. The van der Waals surface area contributed by atoms with Crippen molar-refractivity contribution >= 4 is 23.0 Å². The lowest BCUT2D eigenvalue weighted by Crippen LogP contribution is -2.13. The van der Waals surface area contributed by atoms with Gasteiger partial charge in [0.15, 0.2) is 11.5 Å². The Kier molecular flexibility index (Phi) is 3.11. The van der Waals surface area contributed by atoms with Gasteiger partial charge in [-0.3, -0.25) is 4.79 Å². The van der Waals surface area contributed by atoms with E-state index in [9.17, 15) is 4.79 Å². The number of nitrogens with one attached hydrogen (secondary N) is 2. The van der Waals surface area contributed by atoms with Crippen molar-refractivity contribution in [2.45, 2.75) is 12.8 Å². The largest absolute Gasteiger partial charge is 0.454 e. The van der Waals surface area contributed by atoms with E-state index in [-0.39, 0.29) is 18.6 Å². The van der Waals surface area contributed by atoms with Gasteiger partial charge in [0.05, 0.1) is 0 Å². The first-order valence-electron chi connectivity index (χ1n) is 7.35. The molecule has 1 heterocycles. The lowest BCUT2D eigenvalue weighted by Gasteiger charge is -2.09. The summed E-state index contributed by atoms with van der Waals surface area (Å²) in [6, 6.07) is 13.4. The summed E-state index contributed by atoms with van der Waals surface area (Å²) in [6.45, 7) is 0.272. The predicted octanol–water partition coefficient (Wildman–Crippen LogP) is 3.51. The number of carbonyl (C=O) groups excluding carboxylic acids is 1. The second kappa shape index (κ2) is 5.26. The highest BCUT2D eigenvalue weighted by atomic mass is 16.7. The van der Waals surface area contributed by atoms with Gasteiger partial charge in [0, 0.05) is 29.0 Å². The number of ether oxygens (including phenoxy) is 2. The van der Waals surface area contributed by atoms with Crippen molar-refractivity contribution in [1.82, 2.24) is 0 Å². The maximum Gasteiger partial charge on any atom is 0.231 e. The third-order valence-electron chi connectivity index (χ3n) is 3.76. The van der Waals surface area contributed by atoms with Crippen LogP contribution in [0.25, 0.3) is 0 Å². The fraction of sp³-hybridized carbons (Fsp3) is 0.235. The molecule has 5 heteroatoms. The Morgan fingerprint density at radius 1 is 0.909 bits per heavy atom. The first-order valence-corrected chi connectivity index (χ1v) is 7.35. The highest BCUT2D eigenvalue weighted by Crippen LogP contribution is 2.35. The summed E-state index contributed by atoms with van der Waals surface area (Å²) in [4.78, 5) is 11.7. The second-order valence-corrected chi connectivity index (χ2v) is 5.53. The van der Waals surface area contributed by atoms with Gasteiger partial charge >= 0.3 is 0 Å². The molecule has 1 aliphatic heterocycles. The Balaban J connectivity index is 1.43. The van der Waals surface area contributed by atoms with E-state index in [0.717, 1.165) is 41.4 Å². The van der Waals surface area contributed by atoms with Gasteiger partial charge in [-0.1, -0.05) is 0 Å². The number of anilines is 3. The molecule has 22 heavy (non-hydrogen) atoms. The Morgan fingerprint density at radius 3 is 2.36 bits per heavy atom. The average Bonchev–Trinajstić information content (AvgIpc) is 3.28. The molecule has 2 aliphatic rings. The van der Waals surface area contributed by atoms with Crippen molar-refractivity contribution in [2.75, 3.05) is 17.4 Å². The summed E-state index contributed by atoms with van der Waals surface area (Å²) in [6.07, 6.45) is 2.02. The highest BCUT2D eigenvalue weighted by Gasteiger charge is 2.29.